The number of rotatable bonds is 8. The SMILES string of the molecule is COc1ccccc1NC(=O)CN1C(=O)S/C(=C/c2ccc(OCc3ccc(Cl)cc3Cl)cc2)C1=O. The smallest absolute Gasteiger partial charge is 0.294 e. The van der Waals surface area contributed by atoms with Gasteiger partial charge in [0.1, 0.15) is 24.7 Å². The van der Waals surface area contributed by atoms with Crippen LogP contribution < -0.4 is 14.8 Å². The van der Waals surface area contributed by atoms with Crippen molar-refractivity contribution >= 4 is 63.8 Å². The number of imide groups is 1. The van der Waals surface area contributed by atoms with Crippen molar-refractivity contribution in [3.05, 3.63) is 92.8 Å². The average molecular weight is 543 g/mol. The molecule has 0 aliphatic carbocycles. The summed E-state index contributed by atoms with van der Waals surface area (Å²) in [5.41, 5.74) is 1.96. The number of carbonyl (C=O) groups excluding carboxylic acids is 3. The van der Waals surface area contributed by atoms with Gasteiger partial charge in [0.15, 0.2) is 0 Å². The molecule has 1 saturated heterocycles. The average Bonchev–Trinajstić information content (AvgIpc) is 3.12. The first-order valence-electron chi connectivity index (χ1n) is 10.7. The lowest BCUT2D eigenvalue weighted by Crippen LogP contribution is -2.36. The third kappa shape index (κ3) is 6.20. The summed E-state index contributed by atoms with van der Waals surface area (Å²) >= 11 is 12.9. The van der Waals surface area contributed by atoms with Crippen molar-refractivity contribution in [3.8, 4) is 11.5 Å². The normalized spacial score (nSPS) is 14.3. The van der Waals surface area contributed by atoms with E-state index in [0.717, 1.165) is 22.2 Å². The molecule has 0 bridgehead atoms. The van der Waals surface area contributed by atoms with Gasteiger partial charge in [-0.25, -0.2) is 0 Å². The summed E-state index contributed by atoms with van der Waals surface area (Å²) in [6, 6.07) is 19.1. The van der Waals surface area contributed by atoms with Crippen LogP contribution in [0.3, 0.4) is 0 Å². The van der Waals surface area contributed by atoms with Gasteiger partial charge in [-0.15, -0.1) is 0 Å². The van der Waals surface area contributed by atoms with Crippen molar-refractivity contribution in [2.75, 3.05) is 19.0 Å². The molecule has 1 fully saturated rings. The van der Waals surface area contributed by atoms with Gasteiger partial charge >= 0.3 is 0 Å². The van der Waals surface area contributed by atoms with Crippen LogP contribution in [0.25, 0.3) is 6.08 Å². The van der Waals surface area contributed by atoms with E-state index in [1.165, 1.54) is 7.11 Å². The van der Waals surface area contributed by atoms with E-state index in [9.17, 15) is 14.4 Å². The number of hydrogen-bond donors (Lipinski definition) is 1. The fourth-order valence-electron chi connectivity index (χ4n) is 3.33. The molecule has 4 rings (SSSR count). The molecular weight excluding hydrogens is 523 g/mol. The van der Waals surface area contributed by atoms with Crippen LogP contribution in [0, 0.1) is 0 Å². The zero-order chi connectivity index (χ0) is 25.7. The standard InChI is InChI=1S/C26H20Cl2N2O5S/c1-34-22-5-3-2-4-21(22)29-24(31)14-30-25(32)23(36-26(30)33)12-16-6-10-19(11-7-16)35-15-17-8-9-18(27)13-20(17)28/h2-13H,14-15H2,1H3,(H,29,31)/b23-12+. The summed E-state index contributed by atoms with van der Waals surface area (Å²) < 4.78 is 11.0. The van der Waals surface area contributed by atoms with Crippen LogP contribution in [-0.2, 0) is 16.2 Å². The summed E-state index contributed by atoms with van der Waals surface area (Å²) in [6.45, 7) is -0.134. The van der Waals surface area contributed by atoms with Gasteiger partial charge in [-0.3, -0.25) is 19.3 Å². The number of hydrogen-bond acceptors (Lipinski definition) is 6. The molecule has 1 heterocycles. The molecule has 184 valence electrons. The lowest BCUT2D eigenvalue weighted by Gasteiger charge is -2.14. The number of nitrogens with zero attached hydrogens (tertiary/aromatic N) is 1. The van der Waals surface area contributed by atoms with Crippen LogP contribution in [0.4, 0.5) is 10.5 Å². The molecule has 1 N–H and O–H groups in total. The Kier molecular flexibility index (Phi) is 8.20. The Labute approximate surface area is 222 Å². The molecule has 0 unspecified atom stereocenters. The first kappa shape index (κ1) is 25.6. The second-order valence-electron chi connectivity index (χ2n) is 7.61. The molecule has 1 aliphatic heterocycles. The predicted octanol–water partition coefficient (Wildman–Crippen LogP) is 6.26. The molecule has 0 spiro atoms. The zero-order valence-corrected chi connectivity index (χ0v) is 21.3. The Morgan fingerprint density at radius 1 is 1.06 bits per heavy atom. The van der Waals surface area contributed by atoms with E-state index in [2.05, 4.69) is 5.32 Å². The highest BCUT2D eigenvalue weighted by Gasteiger charge is 2.36. The Bertz CT molecular complexity index is 1340. The second kappa shape index (κ2) is 11.5. The Balaban J connectivity index is 1.37. The number of benzene rings is 3. The molecule has 0 radical (unpaired) electrons. The first-order chi connectivity index (χ1) is 17.3. The molecule has 3 aromatic carbocycles. The number of halogens is 2. The molecule has 0 aromatic heterocycles. The summed E-state index contributed by atoms with van der Waals surface area (Å²) in [6.07, 6.45) is 1.60. The maximum Gasteiger partial charge on any atom is 0.294 e. The molecule has 1 aliphatic rings. The molecular formula is C26H20Cl2N2O5S. The lowest BCUT2D eigenvalue weighted by atomic mass is 10.2. The minimum absolute atomic E-state index is 0.228. The fraction of sp³-hybridized carbons (Fsp3) is 0.115. The highest BCUT2D eigenvalue weighted by Crippen LogP contribution is 2.33. The number of para-hydroxylation sites is 2. The number of carbonyl (C=O) groups is 3. The van der Waals surface area contributed by atoms with Crippen molar-refractivity contribution in [3.63, 3.8) is 0 Å². The number of amides is 3. The molecule has 7 nitrogen and oxygen atoms in total. The second-order valence-corrected chi connectivity index (χ2v) is 9.45. The molecule has 36 heavy (non-hydrogen) atoms. The van der Waals surface area contributed by atoms with Crippen LogP contribution in [0.5, 0.6) is 11.5 Å². The summed E-state index contributed by atoms with van der Waals surface area (Å²) in [4.78, 5) is 38.8. The van der Waals surface area contributed by atoms with Crippen molar-refractivity contribution in [1.82, 2.24) is 4.90 Å². The number of nitrogens with one attached hydrogen (secondary N) is 1. The topological polar surface area (TPSA) is 84.9 Å². The van der Waals surface area contributed by atoms with E-state index in [0.29, 0.717) is 32.8 Å². The summed E-state index contributed by atoms with van der Waals surface area (Å²) in [5.74, 6) is 0.0473. The van der Waals surface area contributed by atoms with E-state index < -0.39 is 23.6 Å². The predicted molar refractivity (Wildman–Crippen MR) is 142 cm³/mol. The first-order valence-corrected chi connectivity index (χ1v) is 12.3. The number of thioether (sulfide) groups is 1. The van der Waals surface area contributed by atoms with E-state index in [4.69, 9.17) is 32.7 Å². The minimum atomic E-state index is -0.530. The van der Waals surface area contributed by atoms with Crippen LogP contribution in [0.1, 0.15) is 11.1 Å². The Hall–Kier alpha value is -3.46. The highest BCUT2D eigenvalue weighted by molar-refractivity contribution is 8.18. The highest BCUT2D eigenvalue weighted by atomic mass is 35.5. The van der Waals surface area contributed by atoms with E-state index >= 15 is 0 Å². The van der Waals surface area contributed by atoms with Crippen molar-refractivity contribution < 1.29 is 23.9 Å². The van der Waals surface area contributed by atoms with Gasteiger partial charge in [0.05, 0.1) is 17.7 Å². The van der Waals surface area contributed by atoms with Crippen LogP contribution in [0.2, 0.25) is 10.0 Å². The van der Waals surface area contributed by atoms with E-state index in [-0.39, 0.29) is 11.5 Å². The maximum absolute atomic E-state index is 12.8. The zero-order valence-electron chi connectivity index (χ0n) is 19.0. The Morgan fingerprint density at radius 3 is 2.53 bits per heavy atom. The summed E-state index contributed by atoms with van der Waals surface area (Å²) in [5, 5.41) is 3.22. The summed E-state index contributed by atoms with van der Waals surface area (Å²) in [7, 11) is 1.49. The van der Waals surface area contributed by atoms with Gasteiger partial charge < -0.3 is 14.8 Å². The van der Waals surface area contributed by atoms with Gasteiger partial charge in [-0.05, 0) is 59.8 Å². The quantitative estimate of drug-likeness (QED) is 0.338. The number of ether oxygens (including phenoxy) is 2. The van der Waals surface area contributed by atoms with Crippen LogP contribution in [0.15, 0.2) is 71.6 Å². The number of methoxy groups -OCH3 is 1. The van der Waals surface area contributed by atoms with E-state index in [1.54, 1.807) is 72.8 Å². The van der Waals surface area contributed by atoms with Gasteiger partial charge in [0.2, 0.25) is 5.91 Å². The van der Waals surface area contributed by atoms with Gasteiger partial charge in [-0.2, -0.15) is 0 Å². The van der Waals surface area contributed by atoms with E-state index in [1.807, 2.05) is 0 Å². The Morgan fingerprint density at radius 2 is 1.81 bits per heavy atom. The largest absolute Gasteiger partial charge is 0.495 e. The van der Waals surface area contributed by atoms with Gasteiger partial charge in [-0.1, -0.05) is 53.5 Å². The maximum atomic E-state index is 12.8. The van der Waals surface area contributed by atoms with Crippen molar-refractivity contribution in [2.24, 2.45) is 0 Å². The van der Waals surface area contributed by atoms with Crippen LogP contribution in [-0.4, -0.2) is 35.6 Å². The monoisotopic (exact) mass is 542 g/mol. The number of anilines is 1. The molecule has 10 heteroatoms. The minimum Gasteiger partial charge on any atom is -0.495 e. The fourth-order valence-corrected chi connectivity index (χ4v) is 4.63. The van der Waals surface area contributed by atoms with Gasteiger partial charge in [0.25, 0.3) is 11.1 Å². The molecule has 3 amide bonds. The van der Waals surface area contributed by atoms with Crippen LogP contribution >= 0.6 is 35.0 Å². The van der Waals surface area contributed by atoms with Crippen molar-refractivity contribution in [2.45, 2.75) is 6.61 Å². The lowest BCUT2D eigenvalue weighted by molar-refractivity contribution is -0.127. The molecule has 3 aromatic rings. The third-order valence-corrected chi connectivity index (χ3v) is 6.64. The third-order valence-electron chi connectivity index (χ3n) is 5.14. The van der Waals surface area contributed by atoms with Gasteiger partial charge in [0, 0.05) is 15.6 Å². The molecule has 0 atom stereocenters. The molecule has 0 saturated carbocycles. The van der Waals surface area contributed by atoms with Crippen molar-refractivity contribution in [1.29, 1.82) is 0 Å².